The predicted octanol–water partition coefficient (Wildman–Crippen LogP) is 4.05. The Hall–Kier alpha value is -1.48. The van der Waals surface area contributed by atoms with E-state index in [0.29, 0.717) is 17.1 Å². The van der Waals surface area contributed by atoms with Gasteiger partial charge in [0.15, 0.2) is 0 Å². The predicted molar refractivity (Wildman–Crippen MR) is 77.5 cm³/mol. The molecule has 0 aromatic heterocycles. The molecule has 4 heteroatoms. The molecule has 0 aliphatic carbocycles. The lowest BCUT2D eigenvalue weighted by atomic mass is 9.99. The Labute approximate surface area is 118 Å². The second kappa shape index (κ2) is 4.89. The molecule has 2 aliphatic rings. The molecule has 19 heavy (non-hydrogen) atoms. The lowest BCUT2D eigenvalue weighted by Gasteiger charge is -2.35. The first kappa shape index (κ1) is 12.5. The van der Waals surface area contributed by atoms with Gasteiger partial charge in [0.2, 0.25) is 0 Å². The van der Waals surface area contributed by atoms with Gasteiger partial charge in [-0.25, -0.2) is 4.79 Å². The highest BCUT2D eigenvalue weighted by atomic mass is 35.5. The topological polar surface area (TPSA) is 32.3 Å². The zero-order valence-corrected chi connectivity index (χ0v) is 11.5. The zero-order chi connectivity index (χ0) is 13.4. The molecular weight excluding hydrogens is 260 g/mol. The molecule has 3 nitrogen and oxygen atoms in total. The van der Waals surface area contributed by atoms with Crippen molar-refractivity contribution in [2.45, 2.75) is 37.8 Å². The number of hydrogen-bond donors (Lipinski definition) is 1. The van der Waals surface area contributed by atoms with Gasteiger partial charge in [0, 0.05) is 22.8 Å². The molecule has 2 saturated heterocycles. The highest BCUT2D eigenvalue weighted by molar-refractivity contribution is 6.30. The number of piperidine rings is 1. The second-order valence-electron chi connectivity index (χ2n) is 5.39. The molecule has 1 N–H and O–H groups in total. The highest BCUT2D eigenvalue weighted by Crippen LogP contribution is 2.37. The number of nitrogens with zero attached hydrogens (tertiary/aromatic N) is 1. The third-order valence-corrected chi connectivity index (χ3v) is 4.25. The summed E-state index contributed by atoms with van der Waals surface area (Å²) in [6, 6.07) is 7.88. The maximum atomic E-state index is 12.4. The van der Waals surface area contributed by atoms with Crippen LogP contribution in [0.3, 0.4) is 0 Å². The van der Waals surface area contributed by atoms with E-state index in [1.807, 2.05) is 17.0 Å². The van der Waals surface area contributed by atoms with E-state index in [9.17, 15) is 4.79 Å². The van der Waals surface area contributed by atoms with Gasteiger partial charge in [-0.3, -0.25) is 0 Å². The van der Waals surface area contributed by atoms with Crippen molar-refractivity contribution in [3.05, 3.63) is 41.4 Å². The highest BCUT2D eigenvalue weighted by Gasteiger charge is 2.40. The summed E-state index contributed by atoms with van der Waals surface area (Å²) in [6.07, 6.45) is 4.09. The fourth-order valence-corrected chi connectivity index (χ4v) is 3.29. The van der Waals surface area contributed by atoms with Crippen molar-refractivity contribution in [2.24, 2.45) is 0 Å². The molecule has 100 valence electrons. The average Bonchev–Trinajstić information content (AvgIpc) is 2.65. The first-order valence-electron chi connectivity index (χ1n) is 6.65. The molecule has 1 aromatic rings. The molecule has 0 radical (unpaired) electrons. The number of fused-ring (bicyclic) bond motifs is 2. The second-order valence-corrected chi connectivity index (χ2v) is 5.82. The van der Waals surface area contributed by atoms with Gasteiger partial charge in [-0.1, -0.05) is 23.8 Å². The summed E-state index contributed by atoms with van der Waals surface area (Å²) < 4.78 is 0. The number of nitrogens with one attached hydrogen (secondary N) is 1. The summed E-state index contributed by atoms with van der Waals surface area (Å²) in [5.74, 6) is 0. The number of carbonyl (C=O) groups excluding carboxylic acids is 1. The summed E-state index contributed by atoms with van der Waals surface area (Å²) in [7, 11) is 0. The SMILES string of the molecule is C=C1CC2CCC(C1)N2C(=O)Nc1ccc(Cl)cc1. The van der Waals surface area contributed by atoms with Gasteiger partial charge >= 0.3 is 6.03 Å². The van der Waals surface area contributed by atoms with Crippen LogP contribution in [0.25, 0.3) is 0 Å². The van der Waals surface area contributed by atoms with E-state index in [0.717, 1.165) is 31.4 Å². The first-order chi connectivity index (χ1) is 9.13. The van der Waals surface area contributed by atoms with E-state index in [-0.39, 0.29) is 6.03 Å². The fraction of sp³-hybridized carbons (Fsp3) is 0.400. The Morgan fingerprint density at radius 1 is 1.21 bits per heavy atom. The van der Waals surface area contributed by atoms with Gasteiger partial charge in [-0.2, -0.15) is 0 Å². The summed E-state index contributed by atoms with van der Waals surface area (Å²) in [5.41, 5.74) is 2.07. The third kappa shape index (κ3) is 2.47. The van der Waals surface area contributed by atoms with E-state index in [2.05, 4.69) is 11.9 Å². The Morgan fingerprint density at radius 2 is 1.79 bits per heavy atom. The smallest absolute Gasteiger partial charge is 0.318 e. The summed E-state index contributed by atoms with van der Waals surface area (Å²) in [6.45, 7) is 4.07. The minimum absolute atomic E-state index is 0.00215. The number of carbonyl (C=O) groups is 1. The number of amides is 2. The normalized spacial score (nSPS) is 25.5. The monoisotopic (exact) mass is 276 g/mol. The van der Waals surface area contributed by atoms with Crippen LogP contribution in [-0.4, -0.2) is 23.0 Å². The molecule has 1 aromatic carbocycles. The van der Waals surface area contributed by atoms with Gasteiger partial charge in [0.25, 0.3) is 0 Å². The van der Waals surface area contributed by atoms with Gasteiger partial charge in [0.05, 0.1) is 0 Å². The number of anilines is 1. The molecule has 2 amide bonds. The number of halogens is 1. The number of benzene rings is 1. The molecule has 0 saturated carbocycles. The van der Waals surface area contributed by atoms with Crippen molar-refractivity contribution in [3.8, 4) is 0 Å². The van der Waals surface area contributed by atoms with Crippen LogP contribution in [0.4, 0.5) is 10.5 Å². The largest absolute Gasteiger partial charge is 0.322 e. The quantitative estimate of drug-likeness (QED) is 0.771. The Kier molecular flexibility index (Phi) is 3.23. The van der Waals surface area contributed by atoms with Gasteiger partial charge < -0.3 is 10.2 Å². The van der Waals surface area contributed by atoms with E-state index in [4.69, 9.17) is 11.6 Å². The Bertz CT molecular complexity index is 495. The van der Waals surface area contributed by atoms with Crippen molar-refractivity contribution in [1.82, 2.24) is 4.90 Å². The van der Waals surface area contributed by atoms with Crippen LogP contribution in [0.1, 0.15) is 25.7 Å². The Morgan fingerprint density at radius 3 is 2.37 bits per heavy atom. The maximum absolute atomic E-state index is 12.4. The molecule has 3 rings (SSSR count). The maximum Gasteiger partial charge on any atom is 0.322 e. The molecule has 2 bridgehead atoms. The van der Waals surface area contributed by atoms with Crippen molar-refractivity contribution in [2.75, 3.05) is 5.32 Å². The molecule has 2 aliphatic heterocycles. The van der Waals surface area contributed by atoms with Crippen molar-refractivity contribution < 1.29 is 4.79 Å². The molecule has 2 unspecified atom stereocenters. The van der Waals surface area contributed by atoms with Crippen molar-refractivity contribution >= 4 is 23.3 Å². The van der Waals surface area contributed by atoms with Crippen LogP contribution < -0.4 is 5.32 Å². The third-order valence-electron chi connectivity index (χ3n) is 4.00. The number of rotatable bonds is 1. The number of hydrogen-bond acceptors (Lipinski definition) is 1. The van der Waals surface area contributed by atoms with Gasteiger partial charge in [-0.05, 0) is 49.9 Å². The molecule has 2 atom stereocenters. The van der Waals surface area contributed by atoms with Crippen LogP contribution in [0.15, 0.2) is 36.4 Å². The van der Waals surface area contributed by atoms with Crippen LogP contribution >= 0.6 is 11.6 Å². The molecule has 2 heterocycles. The van der Waals surface area contributed by atoms with Gasteiger partial charge in [-0.15, -0.1) is 0 Å². The lowest BCUT2D eigenvalue weighted by Crippen LogP contribution is -2.46. The van der Waals surface area contributed by atoms with Crippen LogP contribution in [0.2, 0.25) is 5.02 Å². The van der Waals surface area contributed by atoms with Gasteiger partial charge in [0.1, 0.15) is 0 Å². The van der Waals surface area contributed by atoms with E-state index >= 15 is 0 Å². The fourth-order valence-electron chi connectivity index (χ4n) is 3.16. The van der Waals surface area contributed by atoms with E-state index in [1.54, 1.807) is 12.1 Å². The van der Waals surface area contributed by atoms with Crippen LogP contribution in [-0.2, 0) is 0 Å². The van der Waals surface area contributed by atoms with E-state index in [1.165, 1.54) is 5.57 Å². The summed E-state index contributed by atoms with van der Waals surface area (Å²) >= 11 is 5.84. The number of urea groups is 1. The molecular formula is C15H17ClN2O. The Balaban J connectivity index is 1.71. The van der Waals surface area contributed by atoms with Crippen LogP contribution in [0, 0.1) is 0 Å². The summed E-state index contributed by atoms with van der Waals surface area (Å²) in [4.78, 5) is 14.4. The first-order valence-corrected chi connectivity index (χ1v) is 7.03. The summed E-state index contributed by atoms with van der Waals surface area (Å²) in [5, 5.41) is 3.63. The van der Waals surface area contributed by atoms with E-state index < -0.39 is 0 Å². The lowest BCUT2D eigenvalue weighted by molar-refractivity contribution is 0.174. The molecule has 2 fully saturated rings. The zero-order valence-electron chi connectivity index (χ0n) is 10.7. The minimum atomic E-state index is 0.00215. The average molecular weight is 277 g/mol. The molecule has 0 spiro atoms. The minimum Gasteiger partial charge on any atom is -0.318 e. The van der Waals surface area contributed by atoms with Crippen molar-refractivity contribution in [3.63, 3.8) is 0 Å². The van der Waals surface area contributed by atoms with Crippen molar-refractivity contribution in [1.29, 1.82) is 0 Å². The standard InChI is InChI=1S/C15H17ClN2O/c1-10-8-13-6-7-14(9-10)18(13)15(19)17-12-4-2-11(16)3-5-12/h2-5,13-14H,1,6-9H2,(H,17,19). The van der Waals surface area contributed by atoms with Crippen LogP contribution in [0.5, 0.6) is 0 Å².